The Morgan fingerprint density at radius 3 is 2.17 bits per heavy atom. The molecule has 1 unspecified atom stereocenters. The molecule has 1 aliphatic heterocycles. The highest BCUT2D eigenvalue weighted by Gasteiger charge is 2.33. The molecular formula is C12H23N3O3. The minimum Gasteiger partial charge on any atom is -0.375 e. The van der Waals surface area contributed by atoms with Gasteiger partial charge in [-0.15, -0.1) is 0 Å². The molecule has 0 aliphatic carbocycles. The number of piperazine rings is 1. The van der Waals surface area contributed by atoms with Crippen molar-refractivity contribution in [1.29, 1.82) is 0 Å². The van der Waals surface area contributed by atoms with E-state index < -0.39 is 5.54 Å². The predicted octanol–water partition coefficient (Wildman–Crippen LogP) is -0.569. The quantitative estimate of drug-likeness (QED) is 0.732. The zero-order valence-electron chi connectivity index (χ0n) is 11.4. The maximum atomic E-state index is 12.1. The van der Waals surface area contributed by atoms with Crippen molar-refractivity contribution in [3.05, 3.63) is 0 Å². The van der Waals surface area contributed by atoms with Crippen molar-refractivity contribution >= 4 is 11.8 Å². The van der Waals surface area contributed by atoms with Crippen LogP contribution in [-0.4, -0.2) is 67.0 Å². The van der Waals surface area contributed by atoms with E-state index in [0.29, 0.717) is 32.6 Å². The number of carbonyl (C=O) groups is 2. The molecule has 6 heteroatoms. The van der Waals surface area contributed by atoms with Crippen molar-refractivity contribution in [1.82, 2.24) is 9.80 Å². The first-order valence-corrected chi connectivity index (χ1v) is 6.27. The zero-order valence-corrected chi connectivity index (χ0v) is 11.4. The zero-order chi connectivity index (χ0) is 13.8. The van der Waals surface area contributed by atoms with Crippen molar-refractivity contribution in [2.75, 3.05) is 39.9 Å². The molecule has 0 aromatic heterocycles. The van der Waals surface area contributed by atoms with Gasteiger partial charge in [0.2, 0.25) is 11.8 Å². The average molecular weight is 257 g/mol. The van der Waals surface area contributed by atoms with Gasteiger partial charge in [-0.1, -0.05) is 6.92 Å². The summed E-state index contributed by atoms with van der Waals surface area (Å²) in [4.78, 5) is 27.2. The molecule has 1 rings (SSSR count). The molecular weight excluding hydrogens is 234 g/mol. The lowest BCUT2D eigenvalue weighted by Crippen LogP contribution is -2.58. The minimum absolute atomic E-state index is 0.0319. The fourth-order valence-electron chi connectivity index (χ4n) is 1.89. The van der Waals surface area contributed by atoms with Crippen LogP contribution in [0.5, 0.6) is 0 Å². The number of rotatable bonds is 4. The summed E-state index contributed by atoms with van der Waals surface area (Å²) in [6.45, 7) is 5.93. The molecule has 0 saturated carbocycles. The maximum absolute atomic E-state index is 12.1. The standard InChI is InChI=1S/C12H23N3O3/c1-4-12(2,13)11(17)15-7-5-14(6-8-15)10(16)9-18-3/h4-9,13H2,1-3H3. The maximum Gasteiger partial charge on any atom is 0.248 e. The van der Waals surface area contributed by atoms with E-state index in [0.717, 1.165) is 0 Å². The lowest BCUT2D eigenvalue weighted by Gasteiger charge is -2.38. The molecule has 1 atom stereocenters. The molecule has 0 bridgehead atoms. The third-order valence-electron chi connectivity index (χ3n) is 3.41. The van der Waals surface area contributed by atoms with Crippen LogP contribution in [0.25, 0.3) is 0 Å². The van der Waals surface area contributed by atoms with Crippen LogP contribution in [0, 0.1) is 0 Å². The van der Waals surface area contributed by atoms with Gasteiger partial charge in [0.25, 0.3) is 0 Å². The van der Waals surface area contributed by atoms with Gasteiger partial charge in [0, 0.05) is 33.3 Å². The normalized spacial score (nSPS) is 19.6. The molecule has 18 heavy (non-hydrogen) atoms. The fraction of sp³-hybridized carbons (Fsp3) is 0.833. The fourth-order valence-corrected chi connectivity index (χ4v) is 1.89. The summed E-state index contributed by atoms with van der Waals surface area (Å²) in [5.41, 5.74) is 5.13. The van der Waals surface area contributed by atoms with Gasteiger partial charge in [-0.25, -0.2) is 0 Å². The molecule has 0 radical (unpaired) electrons. The summed E-state index contributed by atoms with van der Waals surface area (Å²) in [6.07, 6.45) is 0.606. The van der Waals surface area contributed by atoms with Crippen LogP contribution in [0.4, 0.5) is 0 Å². The van der Waals surface area contributed by atoms with Crippen LogP contribution < -0.4 is 5.73 Å². The smallest absolute Gasteiger partial charge is 0.248 e. The van der Waals surface area contributed by atoms with Gasteiger partial charge >= 0.3 is 0 Å². The Hall–Kier alpha value is -1.14. The second-order valence-electron chi connectivity index (χ2n) is 4.88. The van der Waals surface area contributed by atoms with Crippen molar-refractivity contribution in [3.8, 4) is 0 Å². The summed E-state index contributed by atoms with van der Waals surface area (Å²) in [7, 11) is 1.50. The predicted molar refractivity (Wildman–Crippen MR) is 67.9 cm³/mol. The molecule has 2 N–H and O–H groups in total. The van der Waals surface area contributed by atoms with Crippen LogP contribution in [0.2, 0.25) is 0 Å². The molecule has 0 aromatic rings. The van der Waals surface area contributed by atoms with E-state index in [9.17, 15) is 9.59 Å². The number of nitrogens with two attached hydrogens (primary N) is 1. The monoisotopic (exact) mass is 257 g/mol. The highest BCUT2D eigenvalue weighted by Crippen LogP contribution is 2.12. The second kappa shape index (κ2) is 6.15. The summed E-state index contributed by atoms with van der Waals surface area (Å²) < 4.78 is 4.81. The molecule has 0 aromatic carbocycles. The molecule has 0 spiro atoms. The summed E-state index contributed by atoms with van der Waals surface area (Å²) in [5.74, 6) is -0.0700. The largest absolute Gasteiger partial charge is 0.375 e. The van der Waals surface area contributed by atoms with Crippen LogP contribution in [0.1, 0.15) is 20.3 Å². The van der Waals surface area contributed by atoms with Crippen molar-refractivity contribution in [2.24, 2.45) is 5.73 Å². The van der Waals surface area contributed by atoms with E-state index in [2.05, 4.69) is 0 Å². The van der Waals surface area contributed by atoms with Crippen LogP contribution in [-0.2, 0) is 14.3 Å². The van der Waals surface area contributed by atoms with Gasteiger partial charge in [0.15, 0.2) is 0 Å². The third-order valence-corrected chi connectivity index (χ3v) is 3.41. The highest BCUT2D eigenvalue weighted by molar-refractivity contribution is 5.86. The van der Waals surface area contributed by atoms with Crippen molar-refractivity contribution in [3.63, 3.8) is 0 Å². The highest BCUT2D eigenvalue weighted by atomic mass is 16.5. The van der Waals surface area contributed by atoms with Gasteiger partial charge < -0.3 is 20.3 Å². The van der Waals surface area contributed by atoms with Crippen LogP contribution >= 0.6 is 0 Å². The summed E-state index contributed by atoms with van der Waals surface area (Å²) in [6, 6.07) is 0. The Balaban J connectivity index is 2.49. The van der Waals surface area contributed by atoms with Crippen LogP contribution in [0.3, 0.4) is 0 Å². The lowest BCUT2D eigenvalue weighted by molar-refractivity contribution is -0.144. The number of methoxy groups -OCH3 is 1. The van der Waals surface area contributed by atoms with Gasteiger partial charge in [-0.3, -0.25) is 9.59 Å². The molecule has 1 aliphatic rings. The molecule has 6 nitrogen and oxygen atoms in total. The number of nitrogens with zero attached hydrogens (tertiary/aromatic N) is 2. The van der Waals surface area contributed by atoms with E-state index in [1.54, 1.807) is 16.7 Å². The van der Waals surface area contributed by atoms with Crippen molar-refractivity contribution < 1.29 is 14.3 Å². The Morgan fingerprint density at radius 1 is 1.22 bits per heavy atom. The lowest BCUT2D eigenvalue weighted by atomic mass is 9.98. The SMILES string of the molecule is CCC(C)(N)C(=O)N1CCN(C(=O)COC)CC1. The Bertz CT molecular complexity index is 310. The number of hydrogen-bond acceptors (Lipinski definition) is 4. The summed E-state index contributed by atoms with van der Waals surface area (Å²) in [5, 5.41) is 0. The molecule has 104 valence electrons. The van der Waals surface area contributed by atoms with Gasteiger partial charge in [0.1, 0.15) is 6.61 Å². The first-order chi connectivity index (χ1) is 8.42. The van der Waals surface area contributed by atoms with E-state index in [1.807, 2.05) is 6.92 Å². The summed E-state index contributed by atoms with van der Waals surface area (Å²) >= 11 is 0. The Morgan fingerprint density at radius 2 is 1.72 bits per heavy atom. The number of amides is 2. The van der Waals surface area contributed by atoms with E-state index in [4.69, 9.17) is 10.5 Å². The van der Waals surface area contributed by atoms with Gasteiger partial charge in [0.05, 0.1) is 5.54 Å². The van der Waals surface area contributed by atoms with Gasteiger partial charge in [-0.05, 0) is 13.3 Å². The second-order valence-corrected chi connectivity index (χ2v) is 4.88. The van der Waals surface area contributed by atoms with E-state index in [-0.39, 0.29) is 18.4 Å². The molecule has 1 saturated heterocycles. The number of carbonyl (C=O) groups excluding carboxylic acids is 2. The van der Waals surface area contributed by atoms with E-state index >= 15 is 0 Å². The number of ether oxygens (including phenoxy) is 1. The van der Waals surface area contributed by atoms with Crippen molar-refractivity contribution in [2.45, 2.75) is 25.8 Å². The molecule has 2 amide bonds. The third kappa shape index (κ3) is 3.43. The molecule has 1 fully saturated rings. The van der Waals surface area contributed by atoms with Crippen LogP contribution in [0.15, 0.2) is 0 Å². The number of hydrogen-bond donors (Lipinski definition) is 1. The Kier molecular flexibility index (Phi) is 5.10. The topological polar surface area (TPSA) is 75.9 Å². The molecule has 1 heterocycles. The minimum atomic E-state index is -0.807. The average Bonchev–Trinajstić information content (AvgIpc) is 2.38. The first kappa shape index (κ1) is 14.9. The van der Waals surface area contributed by atoms with E-state index in [1.165, 1.54) is 7.11 Å². The Labute approximate surface area is 108 Å². The van der Waals surface area contributed by atoms with Gasteiger partial charge in [-0.2, -0.15) is 0 Å². The first-order valence-electron chi connectivity index (χ1n) is 6.27.